The zero-order chi connectivity index (χ0) is 20.2. The second-order valence-electron chi connectivity index (χ2n) is 7.11. The number of ether oxygens (including phenoxy) is 1. The van der Waals surface area contributed by atoms with Crippen LogP contribution in [0.25, 0.3) is 0 Å². The second-order valence-corrected chi connectivity index (χ2v) is 7.11. The molecule has 0 bridgehead atoms. The Morgan fingerprint density at radius 3 is 2.14 bits per heavy atom. The summed E-state index contributed by atoms with van der Waals surface area (Å²) in [4.78, 5) is 14.4. The molecule has 29 heavy (non-hydrogen) atoms. The van der Waals surface area contributed by atoms with Crippen molar-refractivity contribution in [3.63, 3.8) is 0 Å². The number of benzene rings is 3. The molecule has 0 aliphatic carbocycles. The fourth-order valence-electron chi connectivity index (χ4n) is 3.73. The molecule has 148 valence electrons. The summed E-state index contributed by atoms with van der Waals surface area (Å²) in [5.41, 5.74) is 2.74. The highest BCUT2D eigenvalue weighted by molar-refractivity contribution is 6.03. The lowest BCUT2D eigenvalue weighted by Gasteiger charge is -2.49. The van der Waals surface area contributed by atoms with Gasteiger partial charge in [-0.25, -0.2) is 0 Å². The van der Waals surface area contributed by atoms with Gasteiger partial charge in [-0.15, -0.1) is 0 Å². The number of nitrogens with zero attached hydrogens (tertiary/aromatic N) is 1. The third-order valence-electron chi connectivity index (χ3n) is 5.25. The van der Waals surface area contributed by atoms with Crippen molar-refractivity contribution in [2.45, 2.75) is 18.8 Å². The normalized spacial score (nSPS) is 19.5. The highest BCUT2D eigenvalue weighted by Gasteiger charge is 2.52. The van der Waals surface area contributed by atoms with E-state index in [1.54, 1.807) is 4.90 Å². The van der Waals surface area contributed by atoms with Crippen LogP contribution in [0.3, 0.4) is 0 Å². The quantitative estimate of drug-likeness (QED) is 0.608. The average Bonchev–Trinajstić information content (AvgIpc) is 2.78. The lowest BCUT2D eigenvalue weighted by molar-refractivity contribution is -0.137. The number of aliphatic hydroxyl groups excluding tert-OH is 2. The zero-order valence-electron chi connectivity index (χ0n) is 15.9. The van der Waals surface area contributed by atoms with Crippen molar-refractivity contribution in [1.82, 2.24) is 0 Å². The number of hydrogen-bond acceptors (Lipinski definition) is 4. The summed E-state index contributed by atoms with van der Waals surface area (Å²) in [5, 5.41) is 19.6. The fraction of sp³-hybridized carbons (Fsp3) is 0.208. The Kier molecular flexibility index (Phi) is 5.60. The van der Waals surface area contributed by atoms with Gasteiger partial charge in [0, 0.05) is 5.69 Å². The van der Waals surface area contributed by atoms with Crippen molar-refractivity contribution in [2.75, 3.05) is 11.5 Å². The lowest BCUT2D eigenvalue weighted by atomic mass is 9.78. The maximum Gasteiger partial charge on any atom is 0.235 e. The van der Waals surface area contributed by atoms with Gasteiger partial charge in [-0.3, -0.25) is 4.79 Å². The minimum atomic E-state index is -1.10. The number of amides is 1. The molecular formula is C24H23NO4. The molecule has 1 aliphatic rings. The molecule has 1 amide bonds. The molecule has 2 N–H and O–H groups in total. The Labute approximate surface area is 169 Å². The molecule has 4 rings (SSSR count). The van der Waals surface area contributed by atoms with E-state index in [4.69, 9.17) is 4.74 Å². The van der Waals surface area contributed by atoms with Crippen LogP contribution in [0.1, 0.15) is 17.2 Å². The van der Waals surface area contributed by atoms with Crippen molar-refractivity contribution < 1.29 is 19.7 Å². The van der Waals surface area contributed by atoms with Crippen LogP contribution in [0.2, 0.25) is 0 Å². The second kappa shape index (κ2) is 8.47. The van der Waals surface area contributed by atoms with Crippen LogP contribution < -0.4 is 9.64 Å². The average molecular weight is 389 g/mol. The van der Waals surface area contributed by atoms with E-state index in [9.17, 15) is 15.0 Å². The van der Waals surface area contributed by atoms with Crippen molar-refractivity contribution >= 4 is 11.6 Å². The van der Waals surface area contributed by atoms with Gasteiger partial charge in [0.25, 0.3) is 0 Å². The SMILES string of the molecule is O=C1[C@@H]([C@H](O)CO)[C@H](c2ccc(OCc3ccccc3)cc2)N1c1ccccc1. The van der Waals surface area contributed by atoms with Gasteiger partial charge >= 0.3 is 0 Å². The molecule has 5 heteroatoms. The molecule has 0 unspecified atom stereocenters. The molecule has 3 atom stereocenters. The number of para-hydroxylation sites is 1. The number of carbonyl (C=O) groups is 1. The summed E-state index contributed by atoms with van der Waals surface area (Å²) in [5.74, 6) is -0.128. The van der Waals surface area contributed by atoms with E-state index in [-0.39, 0.29) is 11.9 Å². The van der Waals surface area contributed by atoms with E-state index in [1.165, 1.54) is 0 Å². The summed E-state index contributed by atoms with van der Waals surface area (Å²) in [6.45, 7) is 0.0257. The minimum absolute atomic E-state index is 0.188. The molecule has 3 aromatic rings. The summed E-state index contributed by atoms with van der Waals surface area (Å²) >= 11 is 0. The van der Waals surface area contributed by atoms with E-state index >= 15 is 0 Å². The predicted octanol–water partition coefficient (Wildman–Crippen LogP) is 3.32. The number of aliphatic hydroxyl groups is 2. The first-order valence-corrected chi connectivity index (χ1v) is 9.63. The highest BCUT2D eigenvalue weighted by atomic mass is 16.5. The first-order valence-electron chi connectivity index (χ1n) is 9.63. The first kappa shape index (κ1) is 19.2. The molecule has 0 radical (unpaired) electrons. The van der Waals surface area contributed by atoms with Crippen molar-refractivity contribution in [3.8, 4) is 5.75 Å². The van der Waals surface area contributed by atoms with Gasteiger partial charge in [0.2, 0.25) is 5.91 Å². The van der Waals surface area contributed by atoms with Gasteiger partial charge in [0.1, 0.15) is 12.4 Å². The van der Waals surface area contributed by atoms with Gasteiger partial charge in [0.15, 0.2) is 0 Å². The summed E-state index contributed by atoms with van der Waals surface area (Å²) in [6.07, 6.45) is -1.10. The Morgan fingerprint density at radius 1 is 0.897 bits per heavy atom. The van der Waals surface area contributed by atoms with E-state index in [0.717, 1.165) is 22.6 Å². The van der Waals surface area contributed by atoms with Crippen LogP contribution in [-0.4, -0.2) is 28.8 Å². The molecule has 0 aromatic heterocycles. The largest absolute Gasteiger partial charge is 0.489 e. The van der Waals surface area contributed by atoms with Gasteiger partial charge in [0.05, 0.1) is 24.7 Å². The van der Waals surface area contributed by atoms with E-state index in [2.05, 4.69) is 0 Å². The number of rotatable bonds is 7. The topological polar surface area (TPSA) is 70.0 Å². The van der Waals surface area contributed by atoms with Crippen molar-refractivity contribution in [2.24, 2.45) is 5.92 Å². The Balaban J connectivity index is 1.54. The van der Waals surface area contributed by atoms with E-state index in [0.29, 0.717) is 6.61 Å². The van der Waals surface area contributed by atoms with E-state index < -0.39 is 18.6 Å². The number of β-lactam (4-membered cyclic amide) rings is 1. The van der Waals surface area contributed by atoms with E-state index in [1.807, 2.05) is 84.9 Å². The highest BCUT2D eigenvalue weighted by Crippen LogP contribution is 2.45. The molecule has 5 nitrogen and oxygen atoms in total. The third kappa shape index (κ3) is 3.88. The maximum atomic E-state index is 12.7. The lowest BCUT2D eigenvalue weighted by Crippen LogP contribution is -2.60. The monoisotopic (exact) mass is 389 g/mol. The fourth-order valence-corrected chi connectivity index (χ4v) is 3.73. The van der Waals surface area contributed by atoms with Crippen LogP contribution in [0.5, 0.6) is 5.75 Å². The molecule has 0 saturated carbocycles. The third-order valence-corrected chi connectivity index (χ3v) is 5.25. The Hall–Kier alpha value is -3.15. The first-order chi connectivity index (χ1) is 14.2. The zero-order valence-corrected chi connectivity index (χ0v) is 15.9. The molecule has 3 aromatic carbocycles. The van der Waals surface area contributed by atoms with Crippen LogP contribution in [-0.2, 0) is 11.4 Å². The van der Waals surface area contributed by atoms with Gasteiger partial charge < -0.3 is 19.8 Å². The number of carbonyl (C=O) groups excluding carboxylic acids is 1. The van der Waals surface area contributed by atoms with Crippen LogP contribution in [0, 0.1) is 5.92 Å². The molecule has 1 aliphatic heterocycles. The Morgan fingerprint density at radius 2 is 1.52 bits per heavy atom. The summed E-state index contributed by atoms with van der Waals surface area (Å²) in [6, 6.07) is 26.5. The van der Waals surface area contributed by atoms with Crippen LogP contribution in [0.4, 0.5) is 5.69 Å². The molecule has 1 saturated heterocycles. The standard InChI is InChI=1S/C24H23NO4/c26-15-21(27)22-23(25(24(22)28)19-9-5-2-6-10-19)18-11-13-20(14-12-18)29-16-17-7-3-1-4-8-17/h1-14,21-23,26-27H,15-16H2/t21-,22+,23+/m1/s1. The van der Waals surface area contributed by atoms with Gasteiger partial charge in [-0.2, -0.15) is 0 Å². The maximum absolute atomic E-state index is 12.7. The van der Waals surface area contributed by atoms with Crippen molar-refractivity contribution in [1.29, 1.82) is 0 Å². The Bertz CT molecular complexity index is 944. The molecule has 0 spiro atoms. The number of hydrogen-bond donors (Lipinski definition) is 2. The predicted molar refractivity (Wildman–Crippen MR) is 110 cm³/mol. The van der Waals surface area contributed by atoms with Crippen molar-refractivity contribution in [3.05, 3.63) is 96.1 Å². The van der Waals surface area contributed by atoms with Crippen LogP contribution >= 0.6 is 0 Å². The molecular weight excluding hydrogens is 366 g/mol. The van der Waals surface area contributed by atoms with Crippen LogP contribution in [0.15, 0.2) is 84.9 Å². The molecule has 1 heterocycles. The van der Waals surface area contributed by atoms with Gasteiger partial charge in [-0.05, 0) is 35.4 Å². The smallest absolute Gasteiger partial charge is 0.235 e. The molecule has 1 fully saturated rings. The summed E-state index contributed by atoms with van der Waals surface area (Å²) < 4.78 is 5.84. The summed E-state index contributed by atoms with van der Waals surface area (Å²) in [7, 11) is 0. The number of anilines is 1. The van der Waals surface area contributed by atoms with Gasteiger partial charge in [-0.1, -0.05) is 60.7 Å². The minimum Gasteiger partial charge on any atom is -0.489 e.